The van der Waals surface area contributed by atoms with Gasteiger partial charge in [0.25, 0.3) is 0 Å². The van der Waals surface area contributed by atoms with Crippen molar-refractivity contribution in [1.29, 1.82) is 0 Å². The number of amides is 1. The average molecular weight is 293 g/mol. The Labute approximate surface area is 122 Å². The SMILES string of the molecule is CCOc1cc(NC(C)C(=O)NC2CC2)ccc1[N+](=O)[O-]. The van der Waals surface area contributed by atoms with Gasteiger partial charge in [0.1, 0.15) is 6.04 Å². The van der Waals surface area contributed by atoms with Crippen molar-refractivity contribution in [3.8, 4) is 5.75 Å². The minimum Gasteiger partial charge on any atom is -0.487 e. The van der Waals surface area contributed by atoms with E-state index in [0.29, 0.717) is 18.3 Å². The maximum absolute atomic E-state index is 11.9. The molecule has 1 atom stereocenters. The van der Waals surface area contributed by atoms with Gasteiger partial charge in [-0.2, -0.15) is 0 Å². The topological polar surface area (TPSA) is 93.5 Å². The number of rotatable bonds is 7. The van der Waals surface area contributed by atoms with E-state index in [1.807, 2.05) is 0 Å². The fourth-order valence-corrected chi connectivity index (χ4v) is 1.90. The molecule has 1 aromatic rings. The molecule has 0 bridgehead atoms. The third-order valence-electron chi connectivity index (χ3n) is 3.16. The summed E-state index contributed by atoms with van der Waals surface area (Å²) >= 11 is 0. The highest BCUT2D eigenvalue weighted by Crippen LogP contribution is 2.30. The number of hydrogen-bond donors (Lipinski definition) is 2. The molecular weight excluding hydrogens is 274 g/mol. The molecule has 1 amide bonds. The van der Waals surface area contributed by atoms with Gasteiger partial charge in [0.15, 0.2) is 5.75 Å². The number of anilines is 1. The summed E-state index contributed by atoms with van der Waals surface area (Å²) < 4.78 is 5.27. The van der Waals surface area contributed by atoms with Gasteiger partial charge in [-0.15, -0.1) is 0 Å². The summed E-state index contributed by atoms with van der Waals surface area (Å²) in [4.78, 5) is 22.3. The molecule has 0 heterocycles. The molecule has 114 valence electrons. The smallest absolute Gasteiger partial charge is 0.311 e. The Morgan fingerprint density at radius 2 is 2.24 bits per heavy atom. The van der Waals surface area contributed by atoms with E-state index in [0.717, 1.165) is 12.8 Å². The van der Waals surface area contributed by atoms with Crippen LogP contribution in [0.15, 0.2) is 18.2 Å². The van der Waals surface area contributed by atoms with Gasteiger partial charge in [0.05, 0.1) is 11.5 Å². The number of benzene rings is 1. The second-order valence-electron chi connectivity index (χ2n) is 5.02. The molecule has 21 heavy (non-hydrogen) atoms. The van der Waals surface area contributed by atoms with Crippen LogP contribution in [0.1, 0.15) is 26.7 Å². The van der Waals surface area contributed by atoms with Crippen LogP contribution in [0.25, 0.3) is 0 Å². The molecular formula is C14H19N3O4. The number of nitro benzene ring substituents is 1. The number of hydrogen-bond acceptors (Lipinski definition) is 5. The van der Waals surface area contributed by atoms with Crippen LogP contribution in [0, 0.1) is 10.1 Å². The third-order valence-corrected chi connectivity index (χ3v) is 3.16. The van der Waals surface area contributed by atoms with Gasteiger partial charge in [-0.1, -0.05) is 0 Å². The normalized spacial score (nSPS) is 15.1. The summed E-state index contributed by atoms with van der Waals surface area (Å²) in [6.07, 6.45) is 2.06. The number of ether oxygens (including phenoxy) is 1. The van der Waals surface area contributed by atoms with Gasteiger partial charge < -0.3 is 15.4 Å². The number of carbonyl (C=O) groups is 1. The molecule has 7 nitrogen and oxygen atoms in total. The molecule has 2 N–H and O–H groups in total. The van der Waals surface area contributed by atoms with Crippen molar-refractivity contribution in [2.24, 2.45) is 0 Å². The Hall–Kier alpha value is -2.31. The van der Waals surface area contributed by atoms with E-state index in [-0.39, 0.29) is 17.3 Å². The predicted molar refractivity (Wildman–Crippen MR) is 78.5 cm³/mol. The Balaban J connectivity index is 2.06. The lowest BCUT2D eigenvalue weighted by atomic mass is 10.2. The second kappa shape index (κ2) is 6.43. The van der Waals surface area contributed by atoms with Crippen molar-refractivity contribution in [3.05, 3.63) is 28.3 Å². The summed E-state index contributed by atoms with van der Waals surface area (Å²) in [6, 6.07) is 4.38. The number of nitro groups is 1. The maximum Gasteiger partial charge on any atom is 0.311 e. The van der Waals surface area contributed by atoms with Crippen LogP contribution in [0.4, 0.5) is 11.4 Å². The van der Waals surface area contributed by atoms with Crippen molar-refractivity contribution >= 4 is 17.3 Å². The zero-order valence-corrected chi connectivity index (χ0v) is 12.1. The van der Waals surface area contributed by atoms with Crippen molar-refractivity contribution < 1.29 is 14.5 Å². The lowest BCUT2D eigenvalue weighted by Crippen LogP contribution is -2.38. The van der Waals surface area contributed by atoms with Crippen LogP contribution in [-0.2, 0) is 4.79 Å². The van der Waals surface area contributed by atoms with Crippen LogP contribution in [0.3, 0.4) is 0 Å². The molecule has 1 unspecified atom stereocenters. The van der Waals surface area contributed by atoms with Gasteiger partial charge in [-0.3, -0.25) is 14.9 Å². The van der Waals surface area contributed by atoms with Crippen LogP contribution in [-0.4, -0.2) is 29.5 Å². The lowest BCUT2D eigenvalue weighted by Gasteiger charge is -2.15. The number of nitrogens with one attached hydrogen (secondary N) is 2. The van der Waals surface area contributed by atoms with Crippen LogP contribution < -0.4 is 15.4 Å². The van der Waals surface area contributed by atoms with Gasteiger partial charge in [-0.25, -0.2) is 0 Å². The quantitative estimate of drug-likeness (QED) is 0.593. The standard InChI is InChI=1S/C14H19N3O4/c1-3-21-13-8-11(6-7-12(13)17(19)20)15-9(2)14(18)16-10-4-5-10/h6-10,15H,3-5H2,1-2H3,(H,16,18). The van der Waals surface area contributed by atoms with E-state index >= 15 is 0 Å². The summed E-state index contributed by atoms with van der Waals surface area (Å²) in [7, 11) is 0. The summed E-state index contributed by atoms with van der Waals surface area (Å²) in [6.45, 7) is 3.84. The molecule has 2 rings (SSSR count). The maximum atomic E-state index is 11.9. The molecule has 0 radical (unpaired) electrons. The van der Waals surface area contributed by atoms with E-state index in [2.05, 4.69) is 10.6 Å². The van der Waals surface area contributed by atoms with Crippen molar-refractivity contribution in [2.75, 3.05) is 11.9 Å². The Bertz CT molecular complexity index is 543. The zero-order valence-electron chi connectivity index (χ0n) is 12.1. The molecule has 1 aromatic carbocycles. The summed E-state index contributed by atoms with van der Waals surface area (Å²) in [5.41, 5.74) is 0.528. The average Bonchev–Trinajstić information content (AvgIpc) is 3.23. The second-order valence-corrected chi connectivity index (χ2v) is 5.02. The minimum atomic E-state index is -0.488. The first-order valence-corrected chi connectivity index (χ1v) is 6.99. The largest absolute Gasteiger partial charge is 0.487 e. The van der Waals surface area contributed by atoms with Crippen LogP contribution >= 0.6 is 0 Å². The Kier molecular flexibility index (Phi) is 4.62. The minimum absolute atomic E-state index is 0.0752. The third kappa shape index (κ3) is 4.08. The van der Waals surface area contributed by atoms with Crippen molar-refractivity contribution in [3.63, 3.8) is 0 Å². The lowest BCUT2D eigenvalue weighted by molar-refractivity contribution is -0.385. The van der Waals surface area contributed by atoms with Gasteiger partial charge in [-0.05, 0) is 32.8 Å². The Morgan fingerprint density at radius 3 is 2.81 bits per heavy atom. The molecule has 0 aromatic heterocycles. The molecule has 7 heteroatoms. The first kappa shape index (κ1) is 15.1. The molecule has 0 aliphatic heterocycles. The van der Waals surface area contributed by atoms with E-state index < -0.39 is 11.0 Å². The first-order valence-electron chi connectivity index (χ1n) is 6.99. The van der Waals surface area contributed by atoms with Crippen LogP contribution in [0.2, 0.25) is 0 Å². The zero-order chi connectivity index (χ0) is 15.4. The summed E-state index contributed by atoms with van der Waals surface area (Å²) in [5, 5.41) is 16.8. The van der Waals surface area contributed by atoms with E-state index in [4.69, 9.17) is 4.74 Å². The molecule has 1 saturated carbocycles. The Morgan fingerprint density at radius 1 is 1.52 bits per heavy atom. The fraction of sp³-hybridized carbons (Fsp3) is 0.500. The highest BCUT2D eigenvalue weighted by Gasteiger charge is 2.25. The van der Waals surface area contributed by atoms with E-state index in [1.165, 1.54) is 6.07 Å². The van der Waals surface area contributed by atoms with Crippen molar-refractivity contribution in [1.82, 2.24) is 5.32 Å². The number of carbonyl (C=O) groups excluding carboxylic acids is 1. The highest BCUT2D eigenvalue weighted by atomic mass is 16.6. The van der Waals surface area contributed by atoms with Gasteiger partial charge in [0.2, 0.25) is 5.91 Å². The summed E-state index contributed by atoms with van der Waals surface area (Å²) in [5.74, 6) is 0.121. The van der Waals surface area contributed by atoms with Gasteiger partial charge in [0, 0.05) is 23.9 Å². The molecule has 0 saturated heterocycles. The first-order chi connectivity index (χ1) is 10.0. The molecule has 1 fully saturated rings. The molecule has 1 aliphatic carbocycles. The van der Waals surface area contributed by atoms with E-state index in [1.54, 1.807) is 26.0 Å². The van der Waals surface area contributed by atoms with E-state index in [9.17, 15) is 14.9 Å². The number of nitrogens with zero attached hydrogens (tertiary/aromatic N) is 1. The molecule has 1 aliphatic rings. The van der Waals surface area contributed by atoms with Crippen molar-refractivity contribution in [2.45, 2.75) is 38.8 Å². The van der Waals surface area contributed by atoms with Crippen LogP contribution in [0.5, 0.6) is 5.75 Å². The van der Waals surface area contributed by atoms with Gasteiger partial charge >= 0.3 is 5.69 Å². The monoisotopic (exact) mass is 293 g/mol. The highest BCUT2D eigenvalue weighted by molar-refractivity contribution is 5.84. The molecule has 0 spiro atoms. The fourth-order valence-electron chi connectivity index (χ4n) is 1.90. The predicted octanol–water partition coefficient (Wildman–Crippen LogP) is 2.07.